The van der Waals surface area contributed by atoms with Crippen LogP contribution in [0.2, 0.25) is 0 Å². The lowest BCUT2D eigenvalue weighted by Gasteiger charge is -2.24. The van der Waals surface area contributed by atoms with E-state index in [0.717, 1.165) is 116 Å². The van der Waals surface area contributed by atoms with Crippen LogP contribution in [-0.2, 0) is 32.7 Å². The lowest BCUT2D eigenvalue weighted by atomic mass is 10.0. The first-order chi connectivity index (χ1) is 41.0. The molecule has 0 fully saturated rings. The van der Waals surface area contributed by atoms with Crippen LogP contribution in [0.25, 0.3) is 0 Å². The molecule has 0 amide bonds. The summed E-state index contributed by atoms with van der Waals surface area (Å²) in [5, 5.41) is 0. The minimum Gasteiger partial charge on any atom is -0.462 e. The van der Waals surface area contributed by atoms with Crippen LogP contribution in [-0.4, -0.2) is 74.9 Å². The Hall–Kier alpha value is -4.63. The van der Waals surface area contributed by atoms with E-state index in [9.17, 15) is 19.0 Å². The van der Waals surface area contributed by atoms with E-state index in [0.29, 0.717) is 23.9 Å². The number of likely N-dealkylation sites (N-methyl/N-ethyl adjacent to an activating group) is 1. The summed E-state index contributed by atoms with van der Waals surface area (Å²) < 4.78 is 34.6. The van der Waals surface area contributed by atoms with Crippen LogP contribution in [0.1, 0.15) is 232 Å². The van der Waals surface area contributed by atoms with Gasteiger partial charge >= 0.3 is 19.8 Å². The summed E-state index contributed by atoms with van der Waals surface area (Å²) in [6.07, 6.45) is 96.0. The first-order valence-corrected chi connectivity index (χ1v) is 34.4. The van der Waals surface area contributed by atoms with E-state index in [1.807, 2.05) is 21.1 Å². The minimum atomic E-state index is -4.41. The van der Waals surface area contributed by atoms with Gasteiger partial charge in [-0.3, -0.25) is 18.6 Å². The predicted molar refractivity (Wildman–Crippen MR) is 362 cm³/mol. The smallest absolute Gasteiger partial charge is 0.462 e. The van der Waals surface area contributed by atoms with Gasteiger partial charge in [-0.05, 0) is 122 Å². The van der Waals surface area contributed by atoms with Crippen molar-refractivity contribution in [3.63, 3.8) is 0 Å². The molecule has 84 heavy (non-hydrogen) atoms. The zero-order valence-electron chi connectivity index (χ0n) is 53.8. The number of hydrogen-bond acceptors (Lipinski definition) is 7. The summed E-state index contributed by atoms with van der Waals surface area (Å²) >= 11 is 0. The molecule has 9 nitrogen and oxygen atoms in total. The van der Waals surface area contributed by atoms with Crippen molar-refractivity contribution < 1.29 is 42.1 Å². The number of phosphoric ester groups is 1. The maximum absolute atomic E-state index is 12.9. The topological polar surface area (TPSA) is 108 Å². The second-order valence-corrected chi connectivity index (χ2v) is 23.8. The molecule has 0 aliphatic rings. The number of esters is 2. The maximum atomic E-state index is 12.9. The maximum Gasteiger partial charge on any atom is 0.472 e. The van der Waals surface area contributed by atoms with Crippen LogP contribution in [0, 0.1) is 0 Å². The van der Waals surface area contributed by atoms with Gasteiger partial charge in [0.05, 0.1) is 27.7 Å². The van der Waals surface area contributed by atoms with Crippen LogP contribution in [0.15, 0.2) is 170 Å². The molecule has 1 N–H and O–H groups in total. The van der Waals surface area contributed by atoms with Crippen LogP contribution in [0.5, 0.6) is 0 Å². The zero-order valence-corrected chi connectivity index (χ0v) is 54.7. The number of unbranched alkanes of at least 4 members (excludes halogenated alkanes) is 16. The van der Waals surface area contributed by atoms with Crippen molar-refractivity contribution in [1.82, 2.24) is 0 Å². The molecule has 0 aromatic rings. The molecular weight excluding hydrogens is 1060 g/mol. The highest BCUT2D eigenvalue weighted by Gasteiger charge is 2.27. The minimum absolute atomic E-state index is 0.0141. The largest absolute Gasteiger partial charge is 0.472 e. The SMILES string of the molecule is CC/C=C\C/C=C\C/C=C\C/C=C\C/C=C\C/C=C\C/C=C\CCCCCCCCCCCCCCCCCC(=O)OC(COC(=O)CCC/C=C\C/C=C\C/C=C\C/C=C\C/C=C\C/C=C\C/C=C\CC)COP(=O)(O)OCC[N+](C)(C)C. The third-order valence-corrected chi connectivity index (χ3v) is 14.2. The molecule has 0 radical (unpaired) electrons. The lowest BCUT2D eigenvalue weighted by molar-refractivity contribution is -0.870. The highest BCUT2D eigenvalue weighted by atomic mass is 31.2. The summed E-state index contributed by atoms with van der Waals surface area (Å²) in [5.41, 5.74) is 0. The van der Waals surface area contributed by atoms with Gasteiger partial charge in [0.25, 0.3) is 0 Å². The molecule has 10 heteroatoms. The van der Waals surface area contributed by atoms with Crippen molar-refractivity contribution in [1.29, 1.82) is 0 Å². The van der Waals surface area contributed by atoms with Gasteiger partial charge < -0.3 is 18.9 Å². The summed E-state index contributed by atoms with van der Waals surface area (Å²) in [5.74, 6) is -0.877. The number of carbonyl (C=O) groups excluding carboxylic acids is 2. The molecule has 474 valence electrons. The van der Waals surface area contributed by atoms with Crippen molar-refractivity contribution >= 4 is 19.8 Å². The number of carbonyl (C=O) groups is 2. The molecular formula is C74H121NO8P+. The lowest BCUT2D eigenvalue weighted by Crippen LogP contribution is -2.37. The van der Waals surface area contributed by atoms with E-state index in [4.69, 9.17) is 18.5 Å². The Balaban J connectivity index is 4.16. The summed E-state index contributed by atoms with van der Waals surface area (Å²) in [4.78, 5) is 35.8. The summed E-state index contributed by atoms with van der Waals surface area (Å²) in [6.45, 7) is 4.12. The molecule has 2 atom stereocenters. The molecule has 0 spiro atoms. The zero-order chi connectivity index (χ0) is 61.2. The fourth-order valence-corrected chi connectivity index (χ4v) is 9.02. The molecule has 0 bridgehead atoms. The molecule has 0 saturated heterocycles. The van der Waals surface area contributed by atoms with E-state index in [1.165, 1.54) is 77.0 Å². The molecule has 0 rings (SSSR count). The summed E-state index contributed by atoms with van der Waals surface area (Å²) in [7, 11) is 1.43. The van der Waals surface area contributed by atoms with Gasteiger partial charge in [-0.25, -0.2) is 4.57 Å². The Morgan fingerprint density at radius 3 is 0.988 bits per heavy atom. The van der Waals surface area contributed by atoms with Gasteiger partial charge in [-0.15, -0.1) is 0 Å². The van der Waals surface area contributed by atoms with E-state index < -0.39 is 32.5 Å². The van der Waals surface area contributed by atoms with Crippen LogP contribution < -0.4 is 0 Å². The first-order valence-electron chi connectivity index (χ1n) is 32.9. The van der Waals surface area contributed by atoms with Gasteiger partial charge in [0.2, 0.25) is 0 Å². The Labute approximate surface area is 515 Å². The Morgan fingerprint density at radius 2 is 0.655 bits per heavy atom. The highest BCUT2D eigenvalue weighted by molar-refractivity contribution is 7.47. The third-order valence-electron chi connectivity index (χ3n) is 13.2. The number of quaternary nitrogens is 1. The fourth-order valence-electron chi connectivity index (χ4n) is 8.28. The first kappa shape index (κ1) is 79.4. The van der Waals surface area contributed by atoms with Gasteiger partial charge in [-0.2, -0.15) is 0 Å². The van der Waals surface area contributed by atoms with Crippen molar-refractivity contribution in [2.75, 3.05) is 47.5 Å². The van der Waals surface area contributed by atoms with E-state index in [1.54, 1.807) is 0 Å². The number of phosphoric acid groups is 1. The number of nitrogens with zero attached hydrogens (tertiary/aromatic N) is 1. The third kappa shape index (κ3) is 66.5. The second kappa shape index (κ2) is 62.9. The highest BCUT2D eigenvalue weighted by Crippen LogP contribution is 2.43. The molecule has 2 unspecified atom stereocenters. The Kier molecular flexibility index (Phi) is 59.4. The van der Waals surface area contributed by atoms with E-state index in [-0.39, 0.29) is 26.1 Å². The fraction of sp³-hybridized carbons (Fsp3) is 0.595. The molecule has 0 saturated carbocycles. The van der Waals surface area contributed by atoms with Crippen LogP contribution >= 0.6 is 7.82 Å². The van der Waals surface area contributed by atoms with Crippen molar-refractivity contribution in [2.24, 2.45) is 0 Å². The quantitative estimate of drug-likeness (QED) is 0.0211. The van der Waals surface area contributed by atoms with Crippen molar-refractivity contribution in [3.05, 3.63) is 170 Å². The Morgan fingerprint density at radius 1 is 0.369 bits per heavy atom. The van der Waals surface area contributed by atoms with Crippen molar-refractivity contribution in [3.8, 4) is 0 Å². The normalized spacial score (nSPS) is 14.3. The number of allylic oxidation sites excluding steroid dienone is 28. The van der Waals surface area contributed by atoms with Gasteiger partial charge in [-0.1, -0.05) is 267 Å². The number of hydrogen-bond donors (Lipinski definition) is 1. The van der Waals surface area contributed by atoms with E-state index in [2.05, 4.69) is 184 Å². The van der Waals surface area contributed by atoms with Crippen molar-refractivity contribution in [2.45, 2.75) is 238 Å². The standard InChI is InChI=1S/C74H120NO8P/c1-6-8-10-12-14-16-18-20-22-24-26-28-30-31-32-33-34-35-36-37-38-39-40-41-42-43-45-47-49-51-53-55-57-59-61-63-65-67-74(77)83-72(71-82-84(78,79)81-69-68-75(3,4)5)70-80-73(76)66-64-62-60-58-56-54-52-50-48-46-44-29-27-25-23-21-19-17-15-13-11-9-7-2/h8-11,14-17,20-23,26-29,31-32,34-35,37-38,46,48,52,54,58,60,72H,6-7,12-13,18-19,24-25,30,33,36,39-45,47,49-51,53,55-57,59,61-71H2,1-5H3/p+1/b10-8-,11-9-,16-14-,17-15-,22-20-,23-21-,28-26-,29-27-,32-31-,35-34-,38-37-,48-46-,54-52-,60-58-. The van der Waals surface area contributed by atoms with Gasteiger partial charge in [0, 0.05) is 12.8 Å². The summed E-state index contributed by atoms with van der Waals surface area (Å²) in [6, 6.07) is 0. The molecule has 0 aromatic heterocycles. The number of rotatable bonds is 58. The molecule has 0 aromatic carbocycles. The van der Waals surface area contributed by atoms with Gasteiger partial charge in [0.15, 0.2) is 6.10 Å². The molecule has 0 aliphatic heterocycles. The van der Waals surface area contributed by atoms with Gasteiger partial charge in [0.1, 0.15) is 19.8 Å². The molecule has 0 heterocycles. The monoisotopic (exact) mass is 1180 g/mol. The van der Waals surface area contributed by atoms with Crippen LogP contribution in [0.4, 0.5) is 0 Å². The average molecular weight is 1180 g/mol. The van der Waals surface area contributed by atoms with E-state index >= 15 is 0 Å². The predicted octanol–water partition coefficient (Wildman–Crippen LogP) is 21.4. The number of ether oxygens (including phenoxy) is 2. The average Bonchev–Trinajstić information content (AvgIpc) is 3.61. The van der Waals surface area contributed by atoms with Crippen LogP contribution in [0.3, 0.4) is 0 Å². The second-order valence-electron chi connectivity index (χ2n) is 22.4. The Bertz CT molecular complexity index is 2020. The molecule has 0 aliphatic carbocycles.